The highest BCUT2D eigenvalue weighted by atomic mass is 35.5. The summed E-state index contributed by atoms with van der Waals surface area (Å²) >= 11 is 6.65. The Kier molecular flexibility index (Phi) is 7.91. The standard InChI is InChI=1S/C41H39ClN2O5Si/c1-25-38(50(3,4)31-17-15-30(48-2)16-18-31)36(20-21-45)49-41(25)33-23-28(42)14-19-34(33)43(40(41)47)24-26-8-5-11-29(22-26)44-35-13-7-10-27-9-6-12-32(37(27)35)39(44)46/h5-19,22-23,25,36,38,45H,20-21,24H2,1-4H3/t25-,36+,38-,41+/m1/s1. The Bertz CT molecular complexity index is 2170. The maximum Gasteiger partial charge on any atom is 0.264 e. The molecule has 0 bridgehead atoms. The van der Waals surface area contributed by atoms with Gasteiger partial charge < -0.3 is 19.5 Å². The number of halogens is 1. The number of ether oxygens (including phenoxy) is 2. The summed E-state index contributed by atoms with van der Waals surface area (Å²) in [6.45, 7) is 7.01. The Hall–Kier alpha value is -4.47. The fraction of sp³-hybridized carbons (Fsp3) is 0.268. The van der Waals surface area contributed by atoms with Gasteiger partial charge in [0, 0.05) is 34.2 Å². The van der Waals surface area contributed by atoms with E-state index < -0.39 is 13.7 Å². The molecular formula is C41H39ClN2O5Si. The minimum absolute atomic E-state index is 0.0209. The predicted molar refractivity (Wildman–Crippen MR) is 201 cm³/mol. The fourth-order valence-electron chi connectivity index (χ4n) is 8.99. The van der Waals surface area contributed by atoms with Gasteiger partial charge >= 0.3 is 0 Å². The van der Waals surface area contributed by atoms with E-state index in [0.29, 0.717) is 17.0 Å². The van der Waals surface area contributed by atoms with E-state index >= 15 is 4.79 Å². The van der Waals surface area contributed by atoms with Gasteiger partial charge in [0.15, 0.2) is 5.60 Å². The van der Waals surface area contributed by atoms with Crippen LogP contribution in [-0.2, 0) is 21.7 Å². The van der Waals surface area contributed by atoms with Crippen LogP contribution in [0.25, 0.3) is 10.8 Å². The maximum absolute atomic E-state index is 15.1. The van der Waals surface area contributed by atoms with E-state index in [4.69, 9.17) is 21.1 Å². The molecule has 1 spiro atoms. The van der Waals surface area contributed by atoms with Crippen molar-refractivity contribution in [2.45, 2.75) is 50.2 Å². The van der Waals surface area contributed by atoms with Gasteiger partial charge in [-0.3, -0.25) is 14.5 Å². The van der Waals surface area contributed by atoms with Crippen molar-refractivity contribution in [3.05, 3.63) is 125 Å². The van der Waals surface area contributed by atoms with Crippen LogP contribution in [0.4, 0.5) is 17.1 Å². The molecule has 3 heterocycles. The number of rotatable bonds is 8. The van der Waals surface area contributed by atoms with Gasteiger partial charge in [-0.15, -0.1) is 0 Å². The van der Waals surface area contributed by atoms with Crippen LogP contribution in [0.15, 0.2) is 103 Å². The monoisotopic (exact) mass is 702 g/mol. The number of carbonyl (C=O) groups is 2. The number of carbonyl (C=O) groups excluding carboxylic acids is 2. The molecule has 50 heavy (non-hydrogen) atoms. The summed E-state index contributed by atoms with van der Waals surface area (Å²) in [5.41, 5.74) is 3.45. The molecule has 254 valence electrons. The van der Waals surface area contributed by atoms with Crippen molar-refractivity contribution in [2.75, 3.05) is 23.5 Å². The quantitative estimate of drug-likeness (QED) is 0.166. The maximum atomic E-state index is 15.1. The van der Waals surface area contributed by atoms with E-state index in [9.17, 15) is 9.90 Å². The number of amides is 2. The lowest BCUT2D eigenvalue weighted by atomic mass is 9.82. The molecule has 3 aliphatic heterocycles. The van der Waals surface area contributed by atoms with Crippen LogP contribution in [-0.4, -0.2) is 44.8 Å². The number of methoxy groups -OCH3 is 1. The van der Waals surface area contributed by atoms with Gasteiger partial charge in [0.1, 0.15) is 5.75 Å². The van der Waals surface area contributed by atoms with Crippen LogP contribution in [0.1, 0.15) is 34.8 Å². The van der Waals surface area contributed by atoms with E-state index in [2.05, 4.69) is 32.2 Å². The van der Waals surface area contributed by atoms with E-state index in [1.165, 1.54) is 5.19 Å². The van der Waals surface area contributed by atoms with Gasteiger partial charge in [-0.25, -0.2) is 0 Å². The van der Waals surface area contributed by atoms with Gasteiger partial charge in [0.25, 0.3) is 11.8 Å². The molecule has 5 aromatic rings. The van der Waals surface area contributed by atoms with Crippen LogP contribution < -0.4 is 19.7 Å². The summed E-state index contributed by atoms with van der Waals surface area (Å²) in [7, 11) is -0.648. The first kappa shape index (κ1) is 32.7. The molecule has 2 amide bonds. The molecule has 0 radical (unpaired) electrons. The average Bonchev–Trinajstić information content (AvgIpc) is 3.67. The molecule has 0 unspecified atom stereocenters. The van der Waals surface area contributed by atoms with Crippen LogP contribution in [0.5, 0.6) is 5.75 Å². The van der Waals surface area contributed by atoms with Crippen molar-refractivity contribution in [3.8, 4) is 5.75 Å². The van der Waals surface area contributed by atoms with Gasteiger partial charge in [-0.05, 0) is 77.5 Å². The minimum atomic E-state index is -2.31. The third-order valence-electron chi connectivity index (χ3n) is 11.3. The zero-order valence-electron chi connectivity index (χ0n) is 28.5. The number of hydrogen-bond acceptors (Lipinski definition) is 5. The zero-order valence-corrected chi connectivity index (χ0v) is 30.3. The molecule has 7 nitrogen and oxygen atoms in total. The average molecular weight is 703 g/mol. The lowest BCUT2D eigenvalue weighted by Gasteiger charge is -2.37. The summed E-state index contributed by atoms with van der Waals surface area (Å²) < 4.78 is 12.5. The fourth-order valence-corrected chi connectivity index (χ4v) is 13.2. The van der Waals surface area contributed by atoms with E-state index in [1.807, 2.05) is 95.9 Å². The highest BCUT2D eigenvalue weighted by Crippen LogP contribution is 2.60. The minimum Gasteiger partial charge on any atom is -0.497 e. The largest absolute Gasteiger partial charge is 0.497 e. The summed E-state index contributed by atoms with van der Waals surface area (Å²) in [5, 5.41) is 14.0. The van der Waals surface area contributed by atoms with Crippen LogP contribution in [0.2, 0.25) is 23.7 Å². The molecule has 0 aromatic heterocycles. The molecule has 4 atom stereocenters. The van der Waals surface area contributed by atoms with Crippen molar-refractivity contribution in [1.29, 1.82) is 0 Å². The highest BCUT2D eigenvalue weighted by molar-refractivity contribution is 6.91. The van der Waals surface area contributed by atoms with Crippen molar-refractivity contribution < 1.29 is 24.2 Å². The van der Waals surface area contributed by atoms with E-state index in [-0.39, 0.29) is 42.5 Å². The first-order valence-electron chi connectivity index (χ1n) is 17.1. The third-order valence-corrected chi connectivity index (χ3v) is 15.9. The van der Waals surface area contributed by atoms with Gasteiger partial charge in [-0.1, -0.05) is 85.3 Å². The van der Waals surface area contributed by atoms with Crippen LogP contribution in [0.3, 0.4) is 0 Å². The number of nitrogens with zero attached hydrogens (tertiary/aromatic N) is 2. The number of aliphatic hydroxyl groups is 1. The molecule has 0 saturated carbocycles. The number of anilines is 3. The number of fused-ring (bicyclic) bond motifs is 2. The first-order chi connectivity index (χ1) is 24.1. The van der Waals surface area contributed by atoms with Crippen molar-refractivity contribution in [1.82, 2.24) is 0 Å². The molecule has 9 heteroatoms. The summed E-state index contributed by atoms with van der Waals surface area (Å²) in [5.74, 6) is 0.391. The smallest absolute Gasteiger partial charge is 0.264 e. The summed E-state index contributed by atoms with van der Waals surface area (Å²) in [6, 6.07) is 33.5. The molecule has 0 aliphatic carbocycles. The Labute approximate surface area is 298 Å². The molecule has 5 aromatic carbocycles. The molecule has 8 rings (SSSR count). The van der Waals surface area contributed by atoms with Gasteiger partial charge in [0.2, 0.25) is 0 Å². The van der Waals surface area contributed by atoms with Crippen LogP contribution >= 0.6 is 11.6 Å². The van der Waals surface area contributed by atoms with Gasteiger partial charge in [0.05, 0.1) is 44.8 Å². The molecular weight excluding hydrogens is 664 g/mol. The predicted octanol–water partition coefficient (Wildman–Crippen LogP) is 7.94. The first-order valence-corrected chi connectivity index (χ1v) is 20.6. The van der Waals surface area contributed by atoms with Crippen LogP contribution in [0, 0.1) is 5.92 Å². The highest BCUT2D eigenvalue weighted by Gasteiger charge is 2.66. The molecule has 1 fully saturated rings. The normalized spacial score (nSPS) is 22.6. The summed E-state index contributed by atoms with van der Waals surface area (Å²) in [6.07, 6.45) is 0.0939. The number of aliphatic hydroxyl groups excluding tert-OH is 1. The Morgan fingerprint density at radius 2 is 1.66 bits per heavy atom. The summed E-state index contributed by atoms with van der Waals surface area (Å²) in [4.78, 5) is 32.4. The second-order valence-corrected chi connectivity index (χ2v) is 19.3. The second-order valence-electron chi connectivity index (χ2n) is 14.2. The van der Waals surface area contributed by atoms with Crippen molar-refractivity contribution >= 4 is 64.5 Å². The van der Waals surface area contributed by atoms with Crippen molar-refractivity contribution in [3.63, 3.8) is 0 Å². The lowest BCUT2D eigenvalue weighted by Crippen LogP contribution is -2.51. The topological polar surface area (TPSA) is 79.3 Å². The Balaban J connectivity index is 1.17. The second kappa shape index (κ2) is 12.1. The van der Waals surface area contributed by atoms with Crippen molar-refractivity contribution in [2.24, 2.45) is 5.92 Å². The Morgan fingerprint density at radius 3 is 2.40 bits per heavy atom. The Morgan fingerprint density at radius 1 is 0.920 bits per heavy atom. The number of hydrogen-bond donors (Lipinski definition) is 1. The molecule has 3 aliphatic rings. The number of benzene rings is 5. The van der Waals surface area contributed by atoms with E-state index in [0.717, 1.165) is 44.7 Å². The lowest BCUT2D eigenvalue weighted by molar-refractivity contribution is -0.146. The van der Waals surface area contributed by atoms with E-state index in [1.54, 1.807) is 12.0 Å². The molecule has 1 saturated heterocycles. The van der Waals surface area contributed by atoms with Gasteiger partial charge in [-0.2, -0.15) is 0 Å². The SMILES string of the molecule is COc1ccc([Si](C)(C)[C@H]2[C@H](CCO)O[C@@]3(C(=O)N(Cc4cccc(N5C(=O)c6cccc7cccc5c67)c4)c4ccc(Cl)cc43)[C@@H]2C)cc1. The third kappa shape index (κ3) is 4.77. The zero-order chi connectivity index (χ0) is 34.9. The molecule has 1 N–H and O–H groups in total.